The van der Waals surface area contributed by atoms with E-state index >= 15 is 0 Å². The fourth-order valence-electron chi connectivity index (χ4n) is 3.24. The molecule has 3 nitrogen and oxygen atoms in total. The largest absolute Gasteiger partial charge is 0.240 e. The SMILES string of the molecule is Fc1ccc(-c2nsc3c(C4CCCCC4)ncnc23)cc1. The van der Waals surface area contributed by atoms with Crippen LogP contribution < -0.4 is 0 Å². The Hall–Kier alpha value is -1.88. The number of aromatic nitrogens is 3. The van der Waals surface area contributed by atoms with Crippen LogP contribution in [0.2, 0.25) is 0 Å². The molecule has 2 heterocycles. The minimum absolute atomic E-state index is 0.235. The molecule has 0 atom stereocenters. The molecule has 1 aliphatic carbocycles. The normalized spacial score (nSPS) is 16.2. The van der Waals surface area contributed by atoms with Gasteiger partial charge in [-0.05, 0) is 48.6 Å². The zero-order valence-corrected chi connectivity index (χ0v) is 12.9. The maximum Gasteiger partial charge on any atom is 0.123 e. The predicted molar refractivity (Wildman–Crippen MR) is 86.4 cm³/mol. The van der Waals surface area contributed by atoms with Crippen LogP contribution in [0.3, 0.4) is 0 Å². The van der Waals surface area contributed by atoms with Gasteiger partial charge in [-0.15, -0.1) is 0 Å². The third-order valence-corrected chi connectivity index (χ3v) is 5.25. The number of fused-ring (bicyclic) bond motifs is 1. The second kappa shape index (κ2) is 5.72. The maximum absolute atomic E-state index is 13.1. The van der Waals surface area contributed by atoms with Crippen LogP contribution in [-0.2, 0) is 0 Å². The van der Waals surface area contributed by atoms with Crippen molar-refractivity contribution in [2.24, 2.45) is 0 Å². The second-order valence-corrected chi connectivity index (χ2v) is 6.58. The summed E-state index contributed by atoms with van der Waals surface area (Å²) in [5, 5.41) is 0. The molecule has 1 fully saturated rings. The number of nitrogens with zero attached hydrogens (tertiary/aromatic N) is 3. The molecule has 0 aliphatic heterocycles. The number of halogens is 1. The van der Waals surface area contributed by atoms with Gasteiger partial charge in [0.2, 0.25) is 0 Å². The van der Waals surface area contributed by atoms with Crippen LogP contribution >= 0.6 is 11.5 Å². The molecule has 1 saturated carbocycles. The van der Waals surface area contributed by atoms with Crippen molar-refractivity contribution < 1.29 is 4.39 Å². The van der Waals surface area contributed by atoms with Crippen molar-refractivity contribution in [1.82, 2.24) is 14.3 Å². The van der Waals surface area contributed by atoms with Crippen LogP contribution in [0.15, 0.2) is 30.6 Å². The fraction of sp³-hybridized carbons (Fsp3) is 0.353. The number of hydrogen-bond donors (Lipinski definition) is 0. The van der Waals surface area contributed by atoms with E-state index in [9.17, 15) is 4.39 Å². The van der Waals surface area contributed by atoms with Crippen molar-refractivity contribution in [2.45, 2.75) is 38.0 Å². The summed E-state index contributed by atoms with van der Waals surface area (Å²) in [4.78, 5) is 8.99. The standard InChI is InChI=1S/C17H16FN3S/c18-13-8-6-12(7-9-13)14-16-17(22-21-14)15(19-10-20-16)11-4-2-1-3-5-11/h6-11H,1-5H2. The molecule has 0 bridgehead atoms. The summed E-state index contributed by atoms with van der Waals surface area (Å²) in [6.45, 7) is 0. The van der Waals surface area contributed by atoms with Crippen molar-refractivity contribution in [3.05, 3.63) is 42.1 Å². The Morgan fingerprint density at radius 1 is 1.00 bits per heavy atom. The first-order valence-electron chi connectivity index (χ1n) is 7.69. The zero-order valence-electron chi connectivity index (χ0n) is 12.1. The summed E-state index contributed by atoms with van der Waals surface area (Å²) in [6, 6.07) is 6.44. The molecule has 4 rings (SSSR count). The molecule has 0 saturated heterocycles. The Morgan fingerprint density at radius 3 is 2.55 bits per heavy atom. The Bertz CT molecular complexity index is 791. The Morgan fingerprint density at radius 2 is 1.77 bits per heavy atom. The molecule has 0 N–H and O–H groups in total. The minimum Gasteiger partial charge on any atom is -0.240 e. The van der Waals surface area contributed by atoms with Crippen molar-refractivity contribution in [2.75, 3.05) is 0 Å². The van der Waals surface area contributed by atoms with Gasteiger partial charge in [-0.3, -0.25) is 0 Å². The van der Waals surface area contributed by atoms with Gasteiger partial charge in [0.15, 0.2) is 0 Å². The van der Waals surface area contributed by atoms with E-state index in [1.165, 1.54) is 55.8 Å². The number of benzene rings is 1. The summed E-state index contributed by atoms with van der Waals surface area (Å²) in [5.74, 6) is 0.293. The summed E-state index contributed by atoms with van der Waals surface area (Å²) in [5.41, 5.74) is 3.78. The van der Waals surface area contributed by atoms with Gasteiger partial charge < -0.3 is 0 Å². The highest BCUT2D eigenvalue weighted by atomic mass is 32.1. The summed E-state index contributed by atoms with van der Waals surface area (Å²) < 4.78 is 18.8. The van der Waals surface area contributed by atoms with Crippen LogP contribution in [0.1, 0.15) is 43.7 Å². The Balaban J connectivity index is 1.80. The van der Waals surface area contributed by atoms with E-state index in [0.717, 1.165) is 27.2 Å². The first-order valence-corrected chi connectivity index (χ1v) is 8.46. The van der Waals surface area contributed by atoms with Gasteiger partial charge in [0, 0.05) is 11.5 Å². The molecular weight excluding hydrogens is 297 g/mol. The number of hydrogen-bond acceptors (Lipinski definition) is 4. The van der Waals surface area contributed by atoms with Crippen LogP contribution in [0.25, 0.3) is 21.5 Å². The molecule has 0 amide bonds. The van der Waals surface area contributed by atoms with Crippen LogP contribution in [-0.4, -0.2) is 14.3 Å². The zero-order chi connectivity index (χ0) is 14.9. The van der Waals surface area contributed by atoms with Crippen LogP contribution in [0.4, 0.5) is 4.39 Å². The third-order valence-electron chi connectivity index (χ3n) is 4.39. The molecule has 0 radical (unpaired) electrons. The van der Waals surface area contributed by atoms with E-state index < -0.39 is 0 Å². The minimum atomic E-state index is -0.235. The first-order chi connectivity index (χ1) is 10.8. The third kappa shape index (κ3) is 2.39. The fourth-order valence-corrected chi connectivity index (χ4v) is 4.17. The van der Waals surface area contributed by atoms with Gasteiger partial charge in [0.25, 0.3) is 0 Å². The quantitative estimate of drug-likeness (QED) is 0.672. The average Bonchev–Trinajstić information content (AvgIpc) is 3.00. The summed E-state index contributed by atoms with van der Waals surface area (Å²) >= 11 is 1.46. The van der Waals surface area contributed by atoms with Gasteiger partial charge in [-0.2, -0.15) is 4.37 Å². The van der Waals surface area contributed by atoms with Gasteiger partial charge in [0.05, 0.1) is 10.4 Å². The Kier molecular flexibility index (Phi) is 3.58. The monoisotopic (exact) mass is 313 g/mol. The molecule has 22 heavy (non-hydrogen) atoms. The van der Waals surface area contributed by atoms with Gasteiger partial charge >= 0.3 is 0 Å². The highest BCUT2D eigenvalue weighted by Gasteiger charge is 2.22. The van der Waals surface area contributed by atoms with Gasteiger partial charge in [-0.1, -0.05) is 19.3 Å². The molecule has 0 unspecified atom stereocenters. The lowest BCUT2D eigenvalue weighted by atomic mass is 9.86. The first kappa shape index (κ1) is 13.8. The smallest absolute Gasteiger partial charge is 0.123 e. The summed E-state index contributed by atoms with van der Waals surface area (Å²) in [6.07, 6.45) is 7.94. The molecular formula is C17H16FN3S. The number of rotatable bonds is 2. The molecule has 1 aliphatic rings. The van der Waals surface area contributed by atoms with E-state index in [0.29, 0.717) is 5.92 Å². The van der Waals surface area contributed by atoms with Crippen LogP contribution in [0.5, 0.6) is 0 Å². The molecule has 5 heteroatoms. The maximum atomic E-state index is 13.1. The topological polar surface area (TPSA) is 38.7 Å². The Labute approximate surface area is 132 Å². The highest BCUT2D eigenvalue weighted by molar-refractivity contribution is 7.13. The van der Waals surface area contributed by atoms with E-state index in [1.54, 1.807) is 18.5 Å². The molecule has 112 valence electrons. The van der Waals surface area contributed by atoms with Crippen molar-refractivity contribution in [3.63, 3.8) is 0 Å². The lowest BCUT2D eigenvalue weighted by Gasteiger charge is -2.20. The lowest BCUT2D eigenvalue weighted by molar-refractivity contribution is 0.439. The lowest BCUT2D eigenvalue weighted by Crippen LogP contribution is -2.06. The van der Waals surface area contributed by atoms with Crippen molar-refractivity contribution >= 4 is 21.7 Å². The van der Waals surface area contributed by atoms with E-state index in [1.807, 2.05) is 0 Å². The predicted octanol–water partition coefficient (Wildman–Crippen LogP) is 4.94. The van der Waals surface area contributed by atoms with E-state index in [-0.39, 0.29) is 5.82 Å². The van der Waals surface area contributed by atoms with E-state index in [2.05, 4.69) is 14.3 Å². The van der Waals surface area contributed by atoms with Crippen LogP contribution in [0, 0.1) is 5.82 Å². The van der Waals surface area contributed by atoms with Crippen molar-refractivity contribution in [3.8, 4) is 11.3 Å². The second-order valence-electron chi connectivity index (χ2n) is 5.81. The summed E-state index contributed by atoms with van der Waals surface area (Å²) in [7, 11) is 0. The molecule has 1 aromatic carbocycles. The van der Waals surface area contributed by atoms with E-state index in [4.69, 9.17) is 0 Å². The van der Waals surface area contributed by atoms with Crippen molar-refractivity contribution in [1.29, 1.82) is 0 Å². The molecule has 2 aromatic heterocycles. The highest BCUT2D eigenvalue weighted by Crippen LogP contribution is 2.38. The molecule has 0 spiro atoms. The van der Waals surface area contributed by atoms with Gasteiger partial charge in [0.1, 0.15) is 23.4 Å². The molecule has 3 aromatic rings. The average molecular weight is 313 g/mol. The van der Waals surface area contributed by atoms with Gasteiger partial charge in [-0.25, -0.2) is 14.4 Å².